The first-order chi connectivity index (χ1) is 16.5. The maximum atomic E-state index is 12.3. The number of hydrogen-bond acceptors (Lipinski definition) is 4. The van der Waals surface area contributed by atoms with Crippen molar-refractivity contribution in [1.82, 2.24) is 0 Å². The molecule has 34 heavy (non-hydrogen) atoms. The van der Waals surface area contributed by atoms with Crippen LogP contribution < -0.4 is 10.1 Å². The quantitative estimate of drug-likeness (QED) is 0.277. The molecule has 1 amide bonds. The van der Waals surface area contributed by atoms with Gasteiger partial charge in [0.1, 0.15) is 12.4 Å². The number of rotatable bonds is 10. The highest BCUT2D eigenvalue weighted by Crippen LogP contribution is 2.22. The standard InChI is InChI=1S/C28H28ClNO4/c1-3-22-6-5-7-23(4-2)28(22)30-26(31)19-34-27(32)17-12-20-10-15-25(16-11-20)33-18-21-8-13-24(29)14-9-21/h5-17H,3-4,18-19H2,1-2H3,(H,30,31). The van der Waals surface area contributed by atoms with Crippen molar-refractivity contribution in [3.05, 3.63) is 100 Å². The van der Waals surface area contributed by atoms with Gasteiger partial charge in [0.15, 0.2) is 6.61 Å². The highest BCUT2D eigenvalue weighted by molar-refractivity contribution is 6.30. The molecule has 0 spiro atoms. The van der Waals surface area contributed by atoms with E-state index in [1.807, 2.05) is 80.6 Å². The van der Waals surface area contributed by atoms with Crippen LogP contribution in [0.25, 0.3) is 6.08 Å². The van der Waals surface area contributed by atoms with E-state index in [-0.39, 0.29) is 12.5 Å². The van der Waals surface area contributed by atoms with Crippen molar-refractivity contribution in [2.75, 3.05) is 11.9 Å². The van der Waals surface area contributed by atoms with Crippen LogP contribution in [-0.4, -0.2) is 18.5 Å². The number of carbonyl (C=O) groups is 2. The van der Waals surface area contributed by atoms with Crippen molar-refractivity contribution in [1.29, 1.82) is 0 Å². The molecule has 176 valence electrons. The lowest BCUT2D eigenvalue weighted by atomic mass is 10.0. The minimum absolute atomic E-state index is 0.345. The Balaban J connectivity index is 1.46. The Morgan fingerprint density at radius 3 is 2.18 bits per heavy atom. The molecule has 0 fully saturated rings. The number of halogens is 1. The normalized spacial score (nSPS) is 10.8. The summed E-state index contributed by atoms with van der Waals surface area (Å²) in [4.78, 5) is 24.4. The van der Waals surface area contributed by atoms with E-state index in [0.29, 0.717) is 17.4 Å². The third-order valence-corrected chi connectivity index (χ3v) is 5.47. The lowest BCUT2D eigenvalue weighted by molar-refractivity contribution is -0.142. The summed E-state index contributed by atoms with van der Waals surface area (Å²) in [6, 6.07) is 20.7. The molecule has 0 aliphatic rings. The molecule has 0 radical (unpaired) electrons. The van der Waals surface area contributed by atoms with Gasteiger partial charge >= 0.3 is 5.97 Å². The molecule has 6 heteroatoms. The molecule has 0 bridgehead atoms. The average molecular weight is 478 g/mol. The number of benzene rings is 3. The van der Waals surface area contributed by atoms with Crippen molar-refractivity contribution in [3.63, 3.8) is 0 Å². The number of para-hydroxylation sites is 1. The summed E-state index contributed by atoms with van der Waals surface area (Å²) in [5.74, 6) is -0.234. The number of hydrogen-bond donors (Lipinski definition) is 1. The predicted octanol–water partition coefficient (Wildman–Crippen LogP) is 6.24. The second-order valence-electron chi connectivity index (χ2n) is 7.63. The molecule has 0 atom stereocenters. The number of aryl methyl sites for hydroxylation is 2. The topological polar surface area (TPSA) is 64.6 Å². The van der Waals surface area contributed by atoms with E-state index in [4.69, 9.17) is 21.1 Å². The van der Waals surface area contributed by atoms with Crippen molar-refractivity contribution in [2.45, 2.75) is 33.3 Å². The van der Waals surface area contributed by atoms with E-state index in [0.717, 1.165) is 40.8 Å². The lowest BCUT2D eigenvalue weighted by Crippen LogP contribution is -2.21. The maximum absolute atomic E-state index is 12.3. The average Bonchev–Trinajstić information content (AvgIpc) is 2.86. The zero-order chi connectivity index (χ0) is 24.3. The Labute approximate surface area is 205 Å². The number of nitrogens with one attached hydrogen (secondary N) is 1. The third-order valence-electron chi connectivity index (χ3n) is 5.22. The summed E-state index contributed by atoms with van der Waals surface area (Å²) < 4.78 is 10.8. The number of amides is 1. The van der Waals surface area contributed by atoms with Crippen LogP contribution in [0.5, 0.6) is 5.75 Å². The van der Waals surface area contributed by atoms with Crippen molar-refractivity contribution in [3.8, 4) is 5.75 Å². The largest absolute Gasteiger partial charge is 0.489 e. The summed E-state index contributed by atoms with van der Waals surface area (Å²) in [6.07, 6.45) is 4.53. The molecular weight excluding hydrogens is 450 g/mol. The second-order valence-corrected chi connectivity index (χ2v) is 8.07. The van der Waals surface area contributed by atoms with Gasteiger partial charge in [-0.2, -0.15) is 0 Å². The van der Waals surface area contributed by atoms with Crippen LogP contribution in [0.1, 0.15) is 36.1 Å². The van der Waals surface area contributed by atoms with E-state index in [1.165, 1.54) is 6.08 Å². The fourth-order valence-corrected chi connectivity index (χ4v) is 3.48. The van der Waals surface area contributed by atoms with Gasteiger partial charge in [-0.1, -0.05) is 67.9 Å². The van der Waals surface area contributed by atoms with Crippen LogP contribution in [0.2, 0.25) is 5.02 Å². The highest BCUT2D eigenvalue weighted by Gasteiger charge is 2.11. The van der Waals surface area contributed by atoms with Gasteiger partial charge in [-0.15, -0.1) is 0 Å². The molecule has 1 N–H and O–H groups in total. The summed E-state index contributed by atoms with van der Waals surface area (Å²) in [7, 11) is 0. The van der Waals surface area contributed by atoms with Gasteiger partial charge in [-0.3, -0.25) is 4.79 Å². The SMILES string of the molecule is CCc1cccc(CC)c1NC(=O)COC(=O)C=Cc1ccc(OCc2ccc(Cl)cc2)cc1. The minimum Gasteiger partial charge on any atom is -0.489 e. The Hall–Kier alpha value is -3.57. The van der Waals surface area contributed by atoms with Gasteiger partial charge in [0.25, 0.3) is 5.91 Å². The first-order valence-electron chi connectivity index (χ1n) is 11.2. The molecule has 0 heterocycles. The van der Waals surface area contributed by atoms with Crippen LogP contribution >= 0.6 is 11.6 Å². The second kappa shape index (κ2) is 12.6. The fraction of sp³-hybridized carbons (Fsp3) is 0.214. The molecule has 0 aliphatic heterocycles. The van der Waals surface area contributed by atoms with Crippen molar-refractivity contribution < 1.29 is 19.1 Å². The molecule has 3 aromatic rings. The molecule has 0 saturated carbocycles. The summed E-state index contributed by atoms with van der Waals surface area (Å²) >= 11 is 5.89. The summed E-state index contributed by atoms with van der Waals surface area (Å²) in [5, 5.41) is 3.57. The molecular formula is C28H28ClNO4. The first kappa shape index (κ1) is 25.1. The highest BCUT2D eigenvalue weighted by atomic mass is 35.5. The van der Waals surface area contributed by atoms with Crippen molar-refractivity contribution >= 4 is 35.2 Å². The summed E-state index contributed by atoms with van der Waals surface area (Å²) in [6.45, 7) is 4.16. The molecule has 3 rings (SSSR count). The third kappa shape index (κ3) is 7.49. The Morgan fingerprint density at radius 2 is 1.56 bits per heavy atom. The Kier molecular flexibility index (Phi) is 9.30. The van der Waals surface area contributed by atoms with Crippen LogP contribution in [-0.2, 0) is 33.8 Å². The maximum Gasteiger partial charge on any atom is 0.331 e. The number of carbonyl (C=O) groups excluding carboxylic acids is 2. The fourth-order valence-electron chi connectivity index (χ4n) is 3.35. The van der Waals surface area contributed by atoms with Crippen molar-refractivity contribution in [2.24, 2.45) is 0 Å². The van der Waals surface area contributed by atoms with Crippen LogP contribution in [0.15, 0.2) is 72.8 Å². The van der Waals surface area contributed by atoms with Gasteiger partial charge < -0.3 is 14.8 Å². The smallest absolute Gasteiger partial charge is 0.331 e. The molecule has 3 aromatic carbocycles. The van der Waals surface area contributed by atoms with E-state index in [9.17, 15) is 9.59 Å². The van der Waals surface area contributed by atoms with E-state index in [1.54, 1.807) is 6.08 Å². The van der Waals surface area contributed by atoms with Gasteiger partial charge in [0.2, 0.25) is 0 Å². The van der Waals surface area contributed by atoms with E-state index in [2.05, 4.69) is 5.32 Å². The van der Waals surface area contributed by atoms with Crippen LogP contribution in [0, 0.1) is 0 Å². The molecule has 5 nitrogen and oxygen atoms in total. The zero-order valence-electron chi connectivity index (χ0n) is 19.3. The monoisotopic (exact) mass is 477 g/mol. The van der Waals surface area contributed by atoms with E-state index < -0.39 is 5.97 Å². The molecule has 0 saturated heterocycles. The summed E-state index contributed by atoms with van der Waals surface area (Å²) in [5.41, 5.74) is 4.75. The van der Waals surface area contributed by atoms with Crippen LogP contribution in [0.4, 0.5) is 5.69 Å². The molecule has 0 aliphatic carbocycles. The lowest BCUT2D eigenvalue weighted by Gasteiger charge is -2.14. The van der Waals surface area contributed by atoms with Gasteiger partial charge in [-0.05, 0) is 65.4 Å². The van der Waals surface area contributed by atoms with E-state index >= 15 is 0 Å². The van der Waals surface area contributed by atoms with Gasteiger partial charge in [-0.25, -0.2) is 4.79 Å². The van der Waals surface area contributed by atoms with Gasteiger partial charge in [0, 0.05) is 16.8 Å². The Morgan fingerprint density at radius 1 is 0.912 bits per heavy atom. The zero-order valence-corrected chi connectivity index (χ0v) is 20.1. The number of anilines is 1. The Bertz CT molecular complexity index is 1120. The first-order valence-corrected chi connectivity index (χ1v) is 11.6. The minimum atomic E-state index is -0.585. The van der Waals surface area contributed by atoms with Gasteiger partial charge in [0.05, 0.1) is 0 Å². The number of ether oxygens (including phenoxy) is 2. The molecule has 0 aromatic heterocycles. The predicted molar refractivity (Wildman–Crippen MR) is 136 cm³/mol. The molecule has 0 unspecified atom stereocenters. The van der Waals surface area contributed by atoms with Crippen LogP contribution in [0.3, 0.4) is 0 Å². The number of esters is 1.